The van der Waals surface area contributed by atoms with E-state index in [0.29, 0.717) is 26.7 Å². The van der Waals surface area contributed by atoms with Crippen molar-refractivity contribution in [1.82, 2.24) is 4.98 Å². The largest absolute Gasteiger partial charge is 0.437 e. The predicted octanol–water partition coefficient (Wildman–Crippen LogP) is 4.89. The minimum absolute atomic E-state index is 0.0824. The van der Waals surface area contributed by atoms with E-state index in [1.807, 2.05) is 13.0 Å². The van der Waals surface area contributed by atoms with Crippen LogP contribution in [-0.2, 0) is 13.0 Å². The molecule has 106 valence electrons. The van der Waals surface area contributed by atoms with Gasteiger partial charge in [0, 0.05) is 17.8 Å². The van der Waals surface area contributed by atoms with Crippen LogP contribution in [0.25, 0.3) is 0 Å². The van der Waals surface area contributed by atoms with E-state index < -0.39 is 0 Å². The standard InChI is InChI=1S/C14H12Cl3NO2/c1-2-9-3-8(7-19)4-14(18-9)20-13-6-11(16)10(15)5-12(13)17/h3-6,19H,2,7H2,1H3. The Bertz CT molecular complexity index is 610. The van der Waals surface area contributed by atoms with Gasteiger partial charge in [-0.05, 0) is 24.1 Å². The molecule has 1 N–H and O–H groups in total. The number of rotatable bonds is 4. The molecular weight excluding hydrogens is 321 g/mol. The van der Waals surface area contributed by atoms with E-state index in [0.717, 1.165) is 17.7 Å². The smallest absolute Gasteiger partial charge is 0.219 e. The lowest BCUT2D eigenvalue weighted by Crippen LogP contribution is -1.96. The first kappa shape index (κ1) is 15.4. The van der Waals surface area contributed by atoms with Gasteiger partial charge in [-0.2, -0.15) is 0 Å². The molecule has 2 aromatic rings. The second-order valence-electron chi connectivity index (χ2n) is 4.12. The zero-order valence-electron chi connectivity index (χ0n) is 10.7. The highest BCUT2D eigenvalue weighted by atomic mass is 35.5. The molecule has 0 spiro atoms. The molecule has 0 fully saturated rings. The third-order valence-electron chi connectivity index (χ3n) is 2.65. The second-order valence-corrected chi connectivity index (χ2v) is 5.34. The summed E-state index contributed by atoms with van der Waals surface area (Å²) in [6.07, 6.45) is 0.735. The van der Waals surface area contributed by atoms with Crippen LogP contribution in [0.15, 0.2) is 24.3 Å². The summed E-state index contributed by atoms with van der Waals surface area (Å²) < 4.78 is 5.63. The number of ether oxygens (including phenoxy) is 1. The van der Waals surface area contributed by atoms with Crippen molar-refractivity contribution >= 4 is 34.8 Å². The van der Waals surface area contributed by atoms with Crippen molar-refractivity contribution in [2.24, 2.45) is 0 Å². The fraction of sp³-hybridized carbons (Fsp3) is 0.214. The minimum Gasteiger partial charge on any atom is -0.437 e. The predicted molar refractivity (Wildman–Crippen MR) is 81.1 cm³/mol. The average Bonchev–Trinajstić information content (AvgIpc) is 2.44. The second kappa shape index (κ2) is 6.64. The molecule has 0 bridgehead atoms. The summed E-state index contributed by atoms with van der Waals surface area (Å²) in [4.78, 5) is 4.32. The number of aryl methyl sites for hydroxylation is 1. The van der Waals surface area contributed by atoms with Crippen LogP contribution in [0.4, 0.5) is 0 Å². The molecule has 0 unspecified atom stereocenters. The minimum atomic E-state index is -0.0824. The molecule has 6 heteroatoms. The highest BCUT2D eigenvalue weighted by molar-refractivity contribution is 6.43. The molecule has 0 aliphatic carbocycles. The Labute approximate surface area is 132 Å². The molecule has 1 heterocycles. The lowest BCUT2D eigenvalue weighted by Gasteiger charge is -2.10. The zero-order valence-corrected chi connectivity index (χ0v) is 12.9. The Hall–Kier alpha value is -1.000. The summed E-state index contributed by atoms with van der Waals surface area (Å²) >= 11 is 17.9. The molecule has 3 nitrogen and oxygen atoms in total. The van der Waals surface area contributed by atoms with E-state index >= 15 is 0 Å². The van der Waals surface area contributed by atoms with Crippen molar-refractivity contribution in [2.45, 2.75) is 20.0 Å². The van der Waals surface area contributed by atoms with E-state index in [9.17, 15) is 5.11 Å². The van der Waals surface area contributed by atoms with Crippen molar-refractivity contribution < 1.29 is 9.84 Å². The Morgan fingerprint density at radius 2 is 1.75 bits per heavy atom. The topological polar surface area (TPSA) is 42.4 Å². The van der Waals surface area contributed by atoms with Crippen molar-refractivity contribution in [3.63, 3.8) is 0 Å². The Morgan fingerprint density at radius 1 is 1.05 bits per heavy atom. The molecule has 0 saturated carbocycles. The lowest BCUT2D eigenvalue weighted by molar-refractivity contribution is 0.281. The van der Waals surface area contributed by atoms with Crippen molar-refractivity contribution in [1.29, 1.82) is 0 Å². The first-order chi connectivity index (χ1) is 9.53. The van der Waals surface area contributed by atoms with Gasteiger partial charge in [-0.3, -0.25) is 0 Å². The van der Waals surface area contributed by atoms with Crippen molar-refractivity contribution in [3.8, 4) is 11.6 Å². The van der Waals surface area contributed by atoms with Gasteiger partial charge in [0.25, 0.3) is 0 Å². The van der Waals surface area contributed by atoms with Gasteiger partial charge in [-0.15, -0.1) is 0 Å². The summed E-state index contributed by atoms with van der Waals surface area (Å²) in [5.41, 5.74) is 1.55. The molecule has 0 amide bonds. The Balaban J connectivity index is 2.36. The van der Waals surface area contributed by atoms with Gasteiger partial charge in [0.15, 0.2) is 0 Å². The first-order valence-corrected chi connectivity index (χ1v) is 7.10. The molecule has 1 aromatic carbocycles. The van der Waals surface area contributed by atoms with Crippen LogP contribution in [0, 0.1) is 0 Å². The number of benzene rings is 1. The van der Waals surface area contributed by atoms with E-state index in [4.69, 9.17) is 39.5 Å². The third kappa shape index (κ3) is 3.55. The zero-order chi connectivity index (χ0) is 14.7. The monoisotopic (exact) mass is 331 g/mol. The fourth-order valence-electron chi connectivity index (χ4n) is 1.64. The Kier molecular flexibility index (Phi) is 5.11. The lowest BCUT2D eigenvalue weighted by atomic mass is 10.2. The van der Waals surface area contributed by atoms with Gasteiger partial charge in [-0.25, -0.2) is 4.98 Å². The number of hydrogen-bond donors (Lipinski definition) is 1. The fourth-order valence-corrected chi connectivity index (χ4v) is 2.22. The number of nitrogens with zero attached hydrogens (tertiary/aromatic N) is 1. The molecular formula is C14H12Cl3NO2. The molecule has 20 heavy (non-hydrogen) atoms. The SMILES string of the molecule is CCc1cc(CO)cc(Oc2cc(Cl)c(Cl)cc2Cl)n1. The van der Waals surface area contributed by atoms with Gasteiger partial charge >= 0.3 is 0 Å². The van der Waals surface area contributed by atoms with Crippen LogP contribution in [0.3, 0.4) is 0 Å². The molecule has 0 aliphatic rings. The maximum atomic E-state index is 9.24. The first-order valence-electron chi connectivity index (χ1n) is 5.96. The molecule has 2 rings (SSSR count). The van der Waals surface area contributed by atoms with Crippen LogP contribution in [0.2, 0.25) is 15.1 Å². The van der Waals surface area contributed by atoms with E-state index in [1.165, 1.54) is 12.1 Å². The van der Waals surface area contributed by atoms with Crippen LogP contribution in [0.1, 0.15) is 18.2 Å². The number of aliphatic hydroxyl groups excluding tert-OH is 1. The molecule has 0 aliphatic heterocycles. The van der Waals surface area contributed by atoms with Crippen LogP contribution in [-0.4, -0.2) is 10.1 Å². The van der Waals surface area contributed by atoms with Crippen LogP contribution < -0.4 is 4.74 Å². The average molecular weight is 333 g/mol. The number of aromatic nitrogens is 1. The number of halogens is 3. The summed E-state index contributed by atoms with van der Waals surface area (Å²) in [6.45, 7) is 1.89. The summed E-state index contributed by atoms with van der Waals surface area (Å²) in [7, 11) is 0. The molecule has 0 radical (unpaired) electrons. The maximum Gasteiger partial charge on any atom is 0.219 e. The van der Waals surface area contributed by atoms with E-state index in [2.05, 4.69) is 4.98 Å². The van der Waals surface area contributed by atoms with Gasteiger partial charge in [-0.1, -0.05) is 41.7 Å². The quantitative estimate of drug-likeness (QED) is 0.811. The van der Waals surface area contributed by atoms with E-state index in [-0.39, 0.29) is 6.61 Å². The maximum absolute atomic E-state index is 9.24. The van der Waals surface area contributed by atoms with E-state index in [1.54, 1.807) is 6.07 Å². The van der Waals surface area contributed by atoms with Crippen molar-refractivity contribution in [3.05, 3.63) is 50.6 Å². The van der Waals surface area contributed by atoms with Gasteiger partial charge < -0.3 is 9.84 Å². The van der Waals surface area contributed by atoms with Crippen LogP contribution in [0.5, 0.6) is 11.6 Å². The third-order valence-corrected chi connectivity index (χ3v) is 3.67. The highest BCUT2D eigenvalue weighted by Crippen LogP contribution is 2.36. The molecule has 0 saturated heterocycles. The summed E-state index contributed by atoms with van der Waals surface area (Å²) in [5.74, 6) is 0.722. The molecule has 0 atom stereocenters. The number of hydrogen-bond acceptors (Lipinski definition) is 3. The summed E-state index contributed by atoms with van der Waals surface area (Å²) in [6, 6.07) is 6.52. The van der Waals surface area contributed by atoms with Gasteiger partial charge in [0.2, 0.25) is 5.88 Å². The Morgan fingerprint density at radius 3 is 2.40 bits per heavy atom. The normalized spacial score (nSPS) is 10.7. The number of aliphatic hydroxyl groups is 1. The summed E-state index contributed by atoms with van der Waals surface area (Å²) in [5, 5.41) is 10.3. The van der Waals surface area contributed by atoms with Gasteiger partial charge in [0.05, 0.1) is 21.7 Å². The van der Waals surface area contributed by atoms with Gasteiger partial charge in [0.1, 0.15) is 5.75 Å². The highest BCUT2D eigenvalue weighted by Gasteiger charge is 2.10. The van der Waals surface area contributed by atoms with Crippen molar-refractivity contribution in [2.75, 3.05) is 0 Å². The van der Waals surface area contributed by atoms with Crippen LogP contribution >= 0.6 is 34.8 Å². The number of pyridine rings is 1. The molecule has 1 aromatic heterocycles.